The van der Waals surface area contributed by atoms with E-state index in [4.69, 9.17) is 32.7 Å². The third kappa shape index (κ3) is 3.58. The predicted octanol–water partition coefficient (Wildman–Crippen LogP) is 3.81. The van der Waals surface area contributed by atoms with Crippen LogP contribution in [0, 0.1) is 0 Å². The van der Waals surface area contributed by atoms with E-state index in [1.807, 2.05) is 0 Å². The van der Waals surface area contributed by atoms with E-state index < -0.39 is 10.0 Å². The Morgan fingerprint density at radius 3 is 2.27 bits per heavy atom. The molecule has 0 saturated heterocycles. The first kappa shape index (κ1) is 16.7. The molecule has 0 saturated carbocycles. The smallest absolute Gasteiger partial charge is 0.262 e. The van der Waals surface area contributed by atoms with E-state index in [-0.39, 0.29) is 20.6 Å². The van der Waals surface area contributed by atoms with Crippen molar-refractivity contribution in [2.75, 3.05) is 18.9 Å². The minimum Gasteiger partial charge on any atom is -0.497 e. The fourth-order valence-electron chi connectivity index (χ4n) is 1.73. The summed E-state index contributed by atoms with van der Waals surface area (Å²) in [6.45, 7) is 0. The van der Waals surface area contributed by atoms with Crippen molar-refractivity contribution in [1.29, 1.82) is 0 Å². The molecule has 0 aliphatic carbocycles. The fourth-order valence-corrected chi connectivity index (χ4v) is 3.19. The molecule has 5 nitrogen and oxygen atoms in total. The van der Waals surface area contributed by atoms with Crippen molar-refractivity contribution in [3.05, 3.63) is 46.4 Å². The number of sulfonamides is 1. The zero-order valence-electron chi connectivity index (χ0n) is 11.8. The number of nitrogens with one attached hydrogen (secondary N) is 1. The van der Waals surface area contributed by atoms with Gasteiger partial charge in [-0.15, -0.1) is 0 Å². The Bertz CT molecular complexity index is 793. The Kier molecular flexibility index (Phi) is 5.05. The molecule has 0 unspecified atom stereocenters. The van der Waals surface area contributed by atoms with Crippen LogP contribution in [0.2, 0.25) is 10.0 Å². The average Bonchev–Trinajstić information content (AvgIpc) is 2.50. The van der Waals surface area contributed by atoms with Crippen LogP contribution in [0.25, 0.3) is 0 Å². The number of hydrogen-bond donors (Lipinski definition) is 1. The van der Waals surface area contributed by atoms with E-state index >= 15 is 0 Å². The van der Waals surface area contributed by atoms with Gasteiger partial charge in [-0.2, -0.15) is 0 Å². The van der Waals surface area contributed by atoms with E-state index in [9.17, 15) is 8.42 Å². The van der Waals surface area contributed by atoms with Crippen molar-refractivity contribution in [3.8, 4) is 11.5 Å². The van der Waals surface area contributed by atoms with E-state index in [0.717, 1.165) is 0 Å². The normalized spacial score (nSPS) is 11.1. The maximum atomic E-state index is 12.4. The SMILES string of the molecule is COc1ccc(NS(=O)(=O)c2ccc(Cl)c(Cl)c2)c(OC)c1. The molecule has 0 aliphatic rings. The van der Waals surface area contributed by atoms with Crippen molar-refractivity contribution in [2.45, 2.75) is 4.90 Å². The molecule has 118 valence electrons. The molecule has 0 spiro atoms. The lowest BCUT2D eigenvalue weighted by Gasteiger charge is -2.13. The average molecular weight is 362 g/mol. The summed E-state index contributed by atoms with van der Waals surface area (Å²) in [7, 11) is -0.874. The summed E-state index contributed by atoms with van der Waals surface area (Å²) >= 11 is 11.6. The molecule has 0 bridgehead atoms. The second kappa shape index (κ2) is 6.64. The highest BCUT2D eigenvalue weighted by atomic mass is 35.5. The molecular formula is C14H13Cl2NO4S. The maximum Gasteiger partial charge on any atom is 0.262 e. The number of methoxy groups -OCH3 is 2. The molecule has 2 rings (SSSR count). The number of anilines is 1. The molecule has 22 heavy (non-hydrogen) atoms. The van der Waals surface area contributed by atoms with Crippen molar-refractivity contribution in [2.24, 2.45) is 0 Å². The number of hydrogen-bond acceptors (Lipinski definition) is 4. The molecule has 2 aromatic carbocycles. The predicted molar refractivity (Wildman–Crippen MR) is 86.8 cm³/mol. The van der Waals surface area contributed by atoms with Crippen LogP contribution in [0.1, 0.15) is 0 Å². The van der Waals surface area contributed by atoms with Gasteiger partial charge >= 0.3 is 0 Å². The topological polar surface area (TPSA) is 64.6 Å². The second-order valence-electron chi connectivity index (χ2n) is 4.25. The molecule has 1 N–H and O–H groups in total. The molecule has 0 atom stereocenters. The van der Waals surface area contributed by atoms with Gasteiger partial charge in [0.15, 0.2) is 0 Å². The molecule has 2 aromatic rings. The summed E-state index contributed by atoms with van der Waals surface area (Å²) in [6.07, 6.45) is 0. The first-order valence-electron chi connectivity index (χ1n) is 6.07. The molecule has 0 heterocycles. The Labute approximate surface area is 138 Å². The second-order valence-corrected chi connectivity index (χ2v) is 6.74. The molecule has 8 heteroatoms. The van der Waals surface area contributed by atoms with E-state index in [0.29, 0.717) is 11.5 Å². The molecule has 0 aliphatic heterocycles. The van der Waals surface area contributed by atoms with Gasteiger partial charge in [0, 0.05) is 6.07 Å². The van der Waals surface area contributed by atoms with Gasteiger partial charge in [0.25, 0.3) is 10.0 Å². The van der Waals surface area contributed by atoms with Crippen molar-refractivity contribution in [3.63, 3.8) is 0 Å². The third-order valence-electron chi connectivity index (χ3n) is 2.85. The van der Waals surface area contributed by atoms with Crippen LogP contribution < -0.4 is 14.2 Å². The van der Waals surface area contributed by atoms with Gasteiger partial charge in [0.1, 0.15) is 11.5 Å². The largest absolute Gasteiger partial charge is 0.497 e. The van der Waals surface area contributed by atoms with Crippen molar-refractivity contribution >= 4 is 38.9 Å². The summed E-state index contributed by atoms with van der Waals surface area (Å²) in [5.41, 5.74) is 0.286. The molecule has 0 fully saturated rings. The highest BCUT2D eigenvalue weighted by Gasteiger charge is 2.18. The van der Waals surface area contributed by atoms with Crippen LogP contribution >= 0.6 is 23.2 Å². The minimum absolute atomic E-state index is 0.000212. The lowest BCUT2D eigenvalue weighted by molar-refractivity contribution is 0.395. The van der Waals surface area contributed by atoms with Crippen LogP contribution in [-0.2, 0) is 10.0 Å². The van der Waals surface area contributed by atoms with Gasteiger partial charge in [-0.25, -0.2) is 8.42 Å². The van der Waals surface area contributed by atoms with Crippen LogP contribution in [0.5, 0.6) is 11.5 Å². The fraction of sp³-hybridized carbons (Fsp3) is 0.143. The van der Waals surface area contributed by atoms with Gasteiger partial charge in [0.2, 0.25) is 0 Å². The zero-order valence-corrected chi connectivity index (χ0v) is 14.1. The van der Waals surface area contributed by atoms with Crippen LogP contribution in [0.15, 0.2) is 41.3 Å². The first-order valence-corrected chi connectivity index (χ1v) is 8.31. The molecule has 0 amide bonds. The summed E-state index contributed by atoms with van der Waals surface area (Å²) in [6, 6.07) is 8.81. The Hall–Kier alpha value is -1.63. The van der Waals surface area contributed by atoms with E-state index in [2.05, 4.69) is 4.72 Å². The zero-order chi connectivity index (χ0) is 16.3. The molecule has 0 aromatic heterocycles. The van der Waals surface area contributed by atoms with Gasteiger partial charge in [-0.1, -0.05) is 23.2 Å². The first-order chi connectivity index (χ1) is 10.4. The number of halogens is 2. The molecular weight excluding hydrogens is 349 g/mol. The lowest BCUT2D eigenvalue weighted by Crippen LogP contribution is -2.13. The summed E-state index contributed by atoms with van der Waals surface area (Å²) in [4.78, 5) is -0.000212. The van der Waals surface area contributed by atoms with Crippen LogP contribution in [0.4, 0.5) is 5.69 Å². The van der Waals surface area contributed by atoms with Crippen LogP contribution in [-0.4, -0.2) is 22.6 Å². The Balaban J connectivity index is 2.38. The van der Waals surface area contributed by atoms with Crippen molar-refractivity contribution < 1.29 is 17.9 Å². The van der Waals surface area contributed by atoms with Gasteiger partial charge in [0.05, 0.1) is 34.8 Å². The van der Waals surface area contributed by atoms with Gasteiger partial charge < -0.3 is 9.47 Å². The summed E-state index contributed by atoms with van der Waals surface area (Å²) < 4.78 is 37.4. The third-order valence-corrected chi connectivity index (χ3v) is 4.96. The Morgan fingerprint density at radius 1 is 0.955 bits per heavy atom. The summed E-state index contributed by atoms with van der Waals surface area (Å²) in [5, 5.41) is 0.439. The van der Waals surface area contributed by atoms with E-state index in [1.54, 1.807) is 18.2 Å². The summed E-state index contributed by atoms with van der Waals surface area (Å²) in [5.74, 6) is 0.886. The lowest BCUT2D eigenvalue weighted by atomic mass is 10.3. The maximum absolute atomic E-state index is 12.4. The monoisotopic (exact) mass is 361 g/mol. The Morgan fingerprint density at radius 2 is 1.68 bits per heavy atom. The van der Waals surface area contributed by atoms with Gasteiger partial charge in [-0.05, 0) is 30.3 Å². The quantitative estimate of drug-likeness (QED) is 0.879. The molecule has 0 radical (unpaired) electrons. The minimum atomic E-state index is -3.82. The standard InChI is InChI=1S/C14H13Cl2NO4S/c1-20-9-3-6-13(14(7-9)21-2)17-22(18,19)10-4-5-11(15)12(16)8-10/h3-8,17H,1-2H3. The number of rotatable bonds is 5. The van der Waals surface area contributed by atoms with Crippen LogP contribution in [0.3, 0.4) is 0 Å². The number of benzene rings is 2. The highest BCUT2D eigenvalue weighted by molar-refractivity contribution is 7.92. The van der Waals surface area contributed by atoms with Crippen molar-refractivity contribution in [1.82, 2.24) is 0 Å². The van der Waals surface area contributed by atoms with E-state index in [1.165, 1.54) is 32.4 Å². The highest BCUT2D eigenvalue weighted by Crippen LogP contribution is 2.32. The van der Waals surface area contributed by atoms with Gasteiger partial charge in [-0.3, -0.25) is 4.72 Å². The number of ether oxygens (including phenoxy) is 2.